The maximum Gasteiger partial charge on any atom is 0.315 e. The van der Waals surface area contributed by atoms with Crippen molar-refractivity contribution in [3.8, 4) is 23.0 Å². The minimum absolute atomic E-state index is 0.103. The van der Waals surface area contributed by atoms with Crippen LogP contribution in [-0.4, -0.2) is 124 Å². The lowest BCUT2D eigenvalue weighted by Crippen LogP contribution is -2.68. The van der Waals surface area contributed by atoms with Crippen LogP contribution in [0.15, 0.2) is 42.0 Å². The topological polar surface area (TPSA) is 267 Å². The van der Waals surface area contributed by atoms with Crippen LogP contribution in [0, 0.1) is 57.2 Å². The molecule has 11 N–H and O–H groups in total. The molecule has 4 saturated carbocycles. The maximum absolute atomic E-state index is 14.4. The molecular formula is C52H74O15. The Balaban J connectivity index is 0.000000241. The lowest BCUT2D eigenvalue weighted by atomic mass is 9.33. The van der Waals surface area contributed by atoms with E-state index in [9.17, 15) is 61.0 Å². The van der Waals surface area contributed by atoms with Crippen LogP contribution in [0.1, 0.15) is 123 Å². The molecule has 17 atom stereocenters. The number of phenolic OH excluding ortho intramolecular Hbond substituents is 3. The van der Waals surface area contributed by atoms with Crippen molar-refractivity contribution in [2.24, 2.45) is 50.2 Å². The second-order valence-corrected chi connectivity index (χ2v) is 23.3. The van der Waals surface area contributed by atoms with Crippen LogP contribution >= 0.6 is 0 Å². The molecule has 9 rings (SSSR count). The third-order valence-corrected chi connectivity index (χ3v) is 19.0. The average Bonchev–Trinajstić information content (AvgIpc) is 3.26. The fraction of sp³-hybridized carbons (Fsp3) is 0.712. The molecule has 5 aliphatic carbocycles. The maximum atomic E-state index is 14.4. The number of benzene rings is 2. The summed E-state index contributed by atoms with van der Waals surface area (Å²) in [7, 11) is 0. The van der Waals surface area contributed by atoms with Gasteiger partial charge in [0.1, 0.15) is 53.5 Å². The summed E-state index contributed by atoms with van der Waals surface area (Å²) in [6.45, 7) is 16.4. The Kier molecular flexibility index (Phi) is 12.7. The van der Waals surface area contributed by atoms with E-state index in [4.69, 9.17) is 14.2 Å². The number of rotatable bonds is 4. The Labute approximate surface area is 393 Å². The molecule has 0 amide bonds. The quantitative estimate of drug-likeness (QED) is 0.148. The van der Waals surface area contributed by atoms with Crippen LogP contribution in [0.2, 0.25) is 0 Å². The highest BCUT2D eigenvalue weighted by Crippen LogP contribution is 2.76. The Morgan fingerprint density at radius 3 is 2.13 bits per heavy atom. The average molecular weight is 939 g/mol. The molecule has 15 nitrogen and oxygen atoms in total. The van der Waals surface area contributed by atoms with Gasteiger partial charge in [-0.3, -0.25) is 4.79 Å². The number of allylic oxidation sites excluding steroid dienone is 1. The van der Waals surface area contributed by atoms with E-state index in [-0.39, 0.29) is 51.8 Å². The smallest absolute Gasteiger partial charge is 0.315 e. The molecule has 0 bridgehead atoms. The molecule has 5 fully saturated rings. The number of carbonyl (C=O) groups is 1. The van der Waals surface area contributed by atoms with Crippen molar-refractivity contribution >= 4 is 5.97 Å². The van der Waals surface area contributed by atoms with E-state index in [1.807, 2.05) is 13.8 Å². The normalized spacial score (nSPS) is 43.8. The van der Waals surface area contributed by atoms with Crippen molar-refractivity contribution in [3.63, 3.8) is 0 Å². The predicted octanol–water partition coefficient (Wildman–Crippen LogP) is 4.58. The van der Waals surface area contributed by atoms with Gasteiger partial charge >= 0.3 is 5.97 Å². The highest BCUT2D eigenvalue weighted by atomic mass is 16.7. The van der Waals surface area contributed by atoms with Gasteiger partial charge in [0.25, 0.3) is 0 Å². The molecular weight excluding hydrogens is 865 g/mol. The van der Waals surface area contributed by atoms with Crippen LogP contribution in [0.4, 0.5) is 0 Å². The van der Waals surface area contributed by atoms with Gasteiger partial charge in [0.05, 0.1) is 36.4 Å². The van der Waals surface area contributed by atoms with Crippen molar-refractivity contribution in [3.05, 3.63) is 58.7 Å². The summed E-state index contributed by atoms with van der Waals surface area (Å²) in [4.78, 5) is 14.4. The number of fused-ring (bicyclic) bond motifs is 8. The number of aliphatic hydroxyl groups is 8. The second-order valence-electron chi connectivity index (χ2n) is 23.3. The molecule has 67 heavy (non-hydrogen) atoms. The zero-order chi connectivity index (χ0) is 49.1. The van der Waals surface area contributed by atoms with Gasteiger partial charge in [0, 0.05) is 30.0 Å². The monoisotopic (exact) mass is 939 g/mol. The standard InChI is InChI=1S/C36H58O10.C16H16O5/c1-31(2)12-14-36(30(44)46-29-26(41)25(40)24(39)20(17-37)45-29)15-13-34(6)18(23(36)28(31)43)8-9-22-33(5)16-19(38)27(42)32(3,4)21(33)10-11-35(22,34)7;1-8-2-3-9(4-12(8)18)16-14(20)7-11-13(19)5-10(17)6-15(11)21-16/h8,19-29,37-43H,9-17H2,1-7H3;2-6,14,16-20H,7H2,1H3/t19-,20-,21+,22-,23-,24-,25+,26-,27+,28+,29+,33+,34-,35-,36+;14-,16+/m10/s1. The number of hydrogen-bond acceptors (Lipinski definition) is 15. The Morgan fingerprint density at radius 2 is 1.46 bits per heavy atom. The van der Waals surface area contributed by atoms with Gasteiger partial charge in [-0.25, -0.2) is 0 Å². The molecule has 2 aromatic carbocycles. The molecule has 7 aliphatic rings. The van der Waals surface area contributed by atoms with Crippen molar-refractivity contribution < 1.29 is 75.2 Å². The first-order chi connectivity index (χ1) is 31.2. The number of ether oxygens (including phenoxy) is 3. The summed E-state index contributed by atoms with van der Waals surface area (Å²) in [5, 5.41) is 115. The molecule has 372 valence electrons. The van der Waals surface area contributed by atoms with E-state index < -0.39 is 96.0 Å². The Morgan fingerprint density at radius 1 is 0.776 bits per heavy atom. The van der Waals surface area contributed by atoms with Crippen LogP contribution < -0.4 is 4.74 Å². The summed E-state index contributed by atoms with van der Waals surface area (Å²) in [5.41, 5.74) is 0.199. The number of carbonyl (C=O) groups excluding carboxylic acids is 1. The number of esters is 1. The largest absolute Gasteiger partial charge is 0.508 e. The lowest BCUT2D eigenvalue weighted by molar-refractivity contribution is -0.298. The zero-order valence-corrected chi connectivity index (χ0v) is 40.1. The fourth-order valence-electron chi connectivity index (χ4n) is 14.7. The molecule has 2 aromatic rings. The Hall–Kier alpha value is -3.51. The molecule has 0 radical (unpaired) electrons. The third kappa shape index (κ3) is 7.69. The Bertz CT molecular complexity index is 2240. The summed E-state index contributed by atoms with van der Waals surface area (Å²) < 4.78 is 17.1. The van der Waals surface area contributed by atoms with E-state index in [1.54, 1.807) is 25.1 Å². The van der Waals surface area contributed by atoms with Crippen molar-refractivity contribution in [2.75, 3.05) is 6.61 Å². The van der Waals surface area contributed by atoms with Crippen molar-refractivity contribution in [1.82, 2.24) is 0 Å². The predicted molar refractivity (Wildman–Crippen MR) is 243 cm³/mol. The first kappa shape index (κ1) is 49.9. The van der Waals surface area contributed by atoms with Gasteiger partial charge in [0.15, 0.2) is 0 Å². The lowest BCUT2D eigenvalue weighted by Gasteiger charge is -2.71. The highest BCUT2D eigenvalue weighted by Gasteiger charge is 2.71. The van der Waals surface area contributed by atoms with Crippen LogP contribution in [0.5, 0.6) is 23.0 Å². The molecule has 2 heterocycles. The van der Waals surface area contributed by atoms with Gasteiger partial charge in [0.2, 0.25) is 6.29 Å². The number of aromatic hydroxyl groups is 3. The molecule has 0 unspecified atom stereocenters. The summed E-state index contributed by atoms with van der Waals surface area (Å²) in [6.07, 6.45) is -3.79. The number of phenols is 3. The second kappa shape index (κ2) is 17.1. The highest BCUT2D eigenvalue weighted by molar-refractivity contribution is 5.79. The van der Waals surface area contributed by atoms with Crippen molar-refractivity contribution in [1.29, 1.82) is 0 Å². The van der Waals surface area contributed by atoms with E-state index in [2.05, 4.69) is 40.7 Å². The van der Waals surface area contributed by atoms with E-state index in [1.165, 1.54) is 12.1 Å². The SMILES string of the molecule is CC1(C)CC[C@]2(C(=O)O[C@@H]3O[C@H](CO)[C@@H](O)[C@H](O)[C@H]3O)CC[C@]3(C)C(=CC[C@@H]4[C@@]5(C)C[C@@H](O)[C@H](O)C(C)(C)[C@@H]5CC[C@]43C)[C@@H]2[C@@H]1O.Cc1ccc([C@H]2Oc3cc(O)cc(O)c3C[C@@H]2O)cc1O. The van der Waals surface area contributed by atoms with E-state index in [0.717, 1.165) is 30.4 Å². The molecule has 0 spiro atoms. The van der Waals surface area contributed by atoms with Crippen LogP contribution in [0.3, 0.4) is 0 Å². The van der Waals surface area contributed by atoms with Crippen LogP contribution in [-0.2, 0) is 20.7 Å². The van der Waals surface area contributed by atoms with Gasteiger partial charge in [-0.1, -0.05) is 72.2 Å². The fourth-order valence-corrected chi connectivity index (χ4v) is 14.7. The molecule has 15 heteroatoms. The number of aryl methyl sites for hydroxylation is 1. The van der Waals surface area contributed by atoms with Crippen LogP contribution in [0.25, 0.3) is 0 Å². The minimum Gasteiger partial charge on any atom is -0.508 e. The molecule has 2 aliphatic heterocycles. The summed E-state index contributed by atoms with van der Waals surface area (Å²) in [5.74, 6) is -0.404. The molecule has 0 aromatic heterocycles. The van der Waals surface area contributed by atoms with Gasteiger partial charge in [-0.15, -0.1) is 0 Å². The summed E-state index contributed by atoms with van der Waals surface area (Å²) >= 11 is 0. The van der Waals surface area contributed by atoms with Gasteiger partial charge in [-0.2, -0.15) is 0 Å². The first-order valence-corrected chi connectivity index (χ1v) is 24.1. The first-order valence-electron chi connectivity index (χ1n) is 24.1. The number of hydrogen-bond donors (Lipinski definition) is 11. The van der Waals surface area contributed by atoms with E-state index in [0.29, 0.717) is 49.0 Å². The number of aliphatic hydroxyl groups excluding tert-OH is 8. The summed E-state index contributed by atoms with van der Waals surface area (Å²) in [6, 6.07) is 7.69. The molecule has 1 saturated heterocycles. The van der Waals surface area contributed by atoms with Gasteiger partial charge in [-0.05, 0) is 114 Å². The van der Waals surface area contributed by atoms with E-state index >= 15 is 0 Å². The zero-order valence-electron chi connectivity index (χ0n) is 40.1. The van der Waals surface area contributed by atoms with Gasteiger partial charge < -0.3 is 70.4 Å². The van der Waals surface area contributed by atoms with Crippen molar-refractivity contribution in [2.45, 2.75) is 174 Å². The minimum atomic E-state index is -1.70. The third-order valence-electron chi connectivity index (χ3n) is 19.0.